The number of rotatable bonds is 2. The smallest absolute Gasteiger partial charge is 0.0152 e. The number of piperidine rings is 2. The van der Waals surface area contributed by atoms with E-state index in [9.17, 15) is 0 Å². The van der Waals surface area contributed by atoms with Crippen LogP contribution in [0.2, 0.25) is 0 Å². The van der Waals surface area contributed by atoms with Gasteiger partial charge in [-0.3, -0.25) is 4.90 Å². The molecule has 14 heavy (non-hydrogen) atoms. The highest BCUT2D eigenvalue weighted by Crippen LogP contribution is 2.43. The van der Waals surface area contributed by atoms with Gasteiger partial charge in [0.2, 0.25) is 0 Å². The molecule has 1 heteroatoms. The van der Waals surface area contributed by atoms with Crippen LogP contribution in [0.3, 0.4) is 0 Å². The van der Waals surface area contributed by atoms with E-state index in [1.165, 1.54) is 25.7 Å². The Balaban J connectivity index is 2.18. The molecule has 1 aliphatic carbocycles. The van der Waals surface area contributed by atoms with Crippen molar-refractivity contribution >= 4 is 0 Å². The molecule has 1 nitrogen and oxygen atoms in total. The van der Waals surface area contributed by atoms with Crippen LogP contribution in [-0.2, 0) is 0 Å². The van der Waals surface area contributed by atoms with Crippen LogP contribution >= 0.6 is 0 Å². The standard InChI is InChI=1S/C13H25N/c1-9(2)13-11-5-7-12(8-6-11)14(13)10(3)4/h9-13H,5-8H2,1-4H3/t11?,12?,13-/m0/s1. The highest BCUT2D eigenvalue weighted by molar-refractivity contribution is 4.97. The number of hydrogen-bond donors (Lipinski definition) is 0. The van der Waals surface area contributed by atoms with Gasteiger partial charge in [0.1, 0.15) is 0 Å². The largest absolute Gasteiger partial charge is 0.295 e. The molecule has 1 saturated carbocycles. The van der Waals surface area contributed by atoms with Gasteiger partial charge in [0, 0.05) is 18.1 Å². The van der Waals surface area contributed by atoms with E-state index in [1.807, 2.05) is 0 Å². The zero-order valence-corrected chi connectivity index (χ0v) is 10.2. The average Bonchev–Trinajstić information content (AvgIpc) is 2.17. The molecule has 0 N–H and O–H groups in total. The van der Waals surface area contributed by atoms with Gasteiger partial charge in [-0.25, -0.2) is 0 Å². The molecule has 3 aliphatic rings. The summed E-state index contributed by atoms with van der Waals surface area (Å²) in [6, 6.07) is 2.53. The van der Waals surface area contributed by atoms with E-state index in [4.69, 9.17) is 0 Å². The summed E-state index contributed by atoms with van der Waals surface area (Å²) in [7, 11) is 0. The number of nitrogens with zero attached hydrogens (tertiary/aromatic N) is 1. The third-order valence-electron chi connectivity index (χ3n) is 4.27. The summed E-state index contributed by atoms with van der Waals surface area (Å²) in [5.41, 5.74) is 0. The predicted molar refractivity (Wildman–Crippen MR) is 61.3 cm³/mol. The van der Waals surface area contributed by atoms with Crippen LogP contribution in [0.25, 0.3) is 0 Å². The first-order valence-corrected chi connectivity index (χ1v) is 6.38. The van der Waals surface area contributed by atoms with E-state index in [2.05, 4.69) is 32.6 Å². The maximum atomic E-state index is 2.82. The fourth-order valence-corrected chi connectivity index (χ4v) is 3.88. The molecule has 0 spiro atoms. The Morgan fingerprint density at radius 3 is 1.86 bits per heavy atom. The molecule has 2 aliphatic heterocycles. The molecule has 0 aromatic carbocycles. The Kier molecular flexibility index (Phi) is 2.88. The molecule has 0 amide bonds. The summed E-state index contributed by atoms with van der Waals surface area (Å²) in [5.74, 6) is 1.84. The van der Waals surface area contributed by atoms with Crippen LogP contribution in [0.5, 0.6) is 0 Å². The van der Waals surface area contributed by atoms with Crippen LogP contribution in [-0.4, -0.2) is 23.0 Å². The van der Waals surface area contributed by atoms with Crippen LogP contribution in [0, 0.1) is 11.8 Å². The van der Waals surface area contributed by atoms with Crippen molar-refractivity contribution in [3.63, 3.8) is 0 Å². The minimum Gasteiger partial charge on any atom is -0.295 e. The van der Waals surface area contributed by atoms with Crippen molar-refractivity contribution in [1.29, 1.82) is 0 Å². The van der Waals surface area contributed by atoms with Gasteiger partial charge in [-0.2, -0.15) is 0 Å². The first-order valence-electron chi connectivity index (χ1n) is 6.38. The van der Waals surface area contributed by atoms with Crippen molar-refractivity contribution in [1.82, 2.24) is 4.90 Å². The van der Waals surface area contributed by atoms with E-state index in [-0.39, 0.29) is 0 Å². The van der Waals surface area contributed by atoms with Crippen LogP contribution < -0.4 is 0 Å². The normalized spacial score (nSPS) is 38.6. The maximum Gasteiger partial charge on any atom is 0.0152 e. The number of hydrogen-bond acceptors (Lipinski definition) is 1. The Hall–Kier alpha value is -0.0400. The molecule has 0 radical (unpaired) electrons. The Morgan fingerprint density at radius 1 is 0.929 bits per heavy atom. The van der Waals surface area contributed by atoms with Crippen molar-refractivity contribution in [3.05, 3.63) is 0 Å². The molecule has 3 fully saturated rings. The zero-order valence-electron chi connectivity index (χ0n) is 10.2. The van der Waals surface area contributed by atoms with Gasteiger partial charge < -0.3 is 0 Å². The van der Waals surface area contributed by atoms with Gasteiger partial charge in [-0.1, -0.05) is 13.8 Å². The zero-order chi connectivity index (χ0) is 10.3. The highest BCUT2D eigenvalue weighted by atomic mass is 15.2. The second-order valence-electron chi connectivity index (χ2n) is 5.84. The lowest BCUT2D eigenvalue weighted by Crippen LogP contribution is -2.59. The summed E-state index contributed by atoms with van der Waals surface area (Å²) >= 11 is 0. The SMILES string of the molecule is CC(C)[C@H]1C2CCC(CC2)N1C(C)C. The second kappa shape index (κ2) is 3.84. The van der Waals surface area contributed by atoms with Gasteiger partial charge in [0.05, 0.1) is 0 Å². The molecular weight excluding hydrogens is 170 g/mol. The van der Waals surface area contributed by atoms with Crippen LogP contribution in [0.4, 0.5) is 0 Å². The second-order valence-corrected chi connectivity index (χ2v) is 5.84. The highest BCUT2D eigenvalue weighted by Gasteiger charge is 2.43. The van der Waals surface area contributed by atoms with Gasteiger partial charge in [-0.15, -0.1) is 0 Å². The van der Waals surface area contributed by atoms with E-state index in [1.54, 1.807) is 0 Å². The van der Waals surface area contributed by atoms with Gasteiger partial charge in [-0.05, 0) is 51.4 Å². The van der Waals surface area contributed by atoms with E-state index in [0.29, 0.717) is 0 Å². The summed E-state index contributed by atoms with van der Waals surface area (Å²) in [4.78, 5) is 2.82. The van der Waals surface area contributed by atoms with E-state index < -0.39 is 0 Å². The molecule has 2 saturated heterocycles. The first kappa shape index (κ1) is 10.5. The van der Waals surface area contributed by atoms with Crippen LogP contribution in [0.1, 0.15) is 53.4 Å². The summed E-state index contributed by atoms with van der Waals surface area (Å²) < 4.78 is 0. The minimum absolute atomic E-state index is 0.746. The molecule has 2 bridgehead atoms. The third kappa shape index (κ3) is 1.60. The van der Waals surface area contributed by atoms with Crippen molar-refractivity contribution in [2.45, 2.75) is 71.5 Å². The summed E-state index contributed by atoms with van der Waals surface area (Å²) in [6.07, 6.45) is 5.92. The molecule has 82 valence electrons. The fourth-order valence-electron chi connectivity index (χ4n) is 3.88. The molecule has 1 atom stereocenters. The minimum atomic E-state index is 0.746. The Bertz CT molecular complexity index is 167. The van der Waals surface area contributed by atoms with E-state index in [0.717, 1.165) is 30.0 Å². The van der Waals surface area contributed by atoms with Crippen molar-refractivity contribution in [2.75, 3.05) is 0 Å². The lowest BCUT2D eigenvalue weighted by molar-refractivity contribution is -0.0536. The average molecular weight is 195 g/mol. The quantitative estimate of drug-likeness (QED) is 0.653. The molecule has 0 unspecified atom stereocenters. The third-order valence-corrected chi connectivity index (χ3v) is 4.27. The molecule has 0 aromatic heterocycles. The van der Waals surface area contributed by atoms with Gasteiger partial charge >= 0.3 is 0 Å². The molecular formula is C13H25N. The molecule has 0 aromatic rings. The predicted octanol–water partition coefficient (Wildman–Crippen LogP) is 3.29. The van der Waals surface area contributed by atoms with Gasteiger partial charge in [0.15, 0.2) is 0 Å². The fraction of sp³-hybridized carbons (Fsp3) is 1.00. The monoisotopic (exact) mass is 195 g/mol. The Labute approximate surface area is 88.9 Å². The maximum absolute atomic E-state index is 2.82. The van der Waals surface area contributed by atoms with E-state index >= 15 is 0 Å². The lowest BCUT2D eigenvalue weighted by Gasteiger charge is -2.55. The van der Waals surface area contributed by atoms with Crippen LogP contribution in [0.15, 0.2) is 0 Å². The summed E-state index contributed by atoms with van der Waals surface area (Å²) in [6.45, 7) is 9.55. The molecule has 2 heterocycles. The summed E-state index contributed by atoms with van der Waals surface area (Å²) in [5, 5.41) is 0. The van der Waals surface area contributed by atoms with Crippen molar-refractivity contribution in [2.24, 2.45) is 11.8 Å². The molecule has 3 rings (SSSR count). The topological polar surface area (TPSA) is 3.24 Å². The number of fused-ring (bicyclic) bond motifs is 3. The Morgan fingerprint density at radius 2 is 1.50 bits per heavy atom. The van der Waals surface area contributed by atoms with Crippen molar-refractivity contribution < 1.29 is 0 Å². The lowest BCUT2D eigenvalue weighted by atomic mass is 9.70. The van der Waals surface area contributed by atoms with Gasteiger partial charge in [0.25, 0.3) is 0 Å². The van der Waals surface area contributed by atoms with Crippen molar-refractivity contribution in [3.8, 4) is 0 Å². The first-order chi connectivity index (χ1) is 6.61.